The molecule has 4 rings (SSSR count). The third kappa shape index (κ3) is 3.47. The van der Waals surface area contributed by atoms with Gasteiger partial charge >= 0.3 is 0 Å². The molecule has 0 saturated carbocycles. The van der Waals surface area contributed by atoms with Gasteiger partial charge in [-0.1, -0.05) is 36.3 Å². The zero-order valence-electron chi connectivity index (χ0n) is 17.0. The maximum atomic E-state index is 13.0. The van der Waals surface area contributed by atoms with Crippen molar-refractivity contribution in [3.8, 4) is 0 Å². The minimum Gasteiger partial charge on any atom is -0.361 e. The minimum atomic E-state index is 0.0713. The fourth-order valence-electron chi connectivity index (χ4n) is 4.82. The molecule has 150 valence electrons. The van der Waals surface area contributed by atoms with E-state index in [9.17, 15) is 4.79 Å². The fraction of sp³-hybridized carbons (Fsp3) is 0.545. The molecule has 2 saturated heterocycles. The SMILES string of the molecule is CCc1noc(C)c1C(=O)N1CCC(C2NNCC2c2ccccc2C)CC1. The van der Waals surface area contributed by atoms with E-state index in [1.807, 2.05) is 18.7 Å². The summed E-state index contributed by atoms with van der Waals surface area (Å²) in [5.41, 5.74) is 11.1. The predicted molar refractivity (Wildman–Crippen MR) is 108 cm³/mol. The van der Waals surface area contributed by atoms with Crippen LogP contribution in [0.5, 0.6) is 0 Å². The number of hydrogen-bond donors (Lipinski definition) is 2. The van der Waals surface area contributed by atoms with Crippen LogP contribution in [0.1, 0.15) is 58.6 Å². The van der Waals surface area contributed by atoms with Crippen molar-refractivity contribution in [2.24, 2.45) is 5.92 Å². The van der Waals surface area contributed by atoms with Crippen LogP contribution in [0.2, 0.25) is 0 Å². The lowest BCUT2D eigenvalue weighted by molar-refractivity contribution is 0.0667. The van der Waals surface area contributed by atoms with Crippen molar-refractivity contribution in [1.29, 1.82) is 0 Å². The van der Waals surface area contributed by atoms with Crippen LogP contribution in [-0.4, -0.2) is 41.6 Å². The van der Waals surface area contributed by atoms with E-state index in [1.54, 1.807) is 0 Å². The molecule has 0 bridgehead atoms. The van der Waals surface area contributed by atoms with Crippen LogP contribution in [0.15, 0.2) is 28.8 Å². The van der Waals surface area contributed by atoms with E-state index in [0.29, 0.717) is 35.6 Å². The smallest absolute Gasteiger partial charge is 0.259 e. The van der Waals surface area contributed by atoms with Gasteiger partial charge in [-0.2, -0.15) is 0 Å². The van der Waals surface area contributed by atoms with Crippen LogP contribution >= 0.6 is 0 Å². The monoisotopic (exact) mass is 382 g/mol. The molecular formula is C22H30N4O2. The van der Waals surface area contributed by atoms with Crippen LogP contribution < -0.4 is 10.9 Å². The van der Waals surface area contributed by atoms with Crippen LogP contribution in [0.3, 0.4) is 0 Å². The van der Waals surface area contributed by atoms with Gasteiger partial charge in [0.15, 0.2) is 0 Å². The van der Waals surface area contributed by atoms with E-state index in [4.69, 9.17) is 4.52 Å². The zero-order chi connectivity index (χ0) is 19.7. The van der Waals surface area contributed by atoms with Gasteiger partial charge in [0.1, 0.15) is 11.3 Å². The van der Waals surface area contributed by atoms with Gasteiger partial charge in [0.05, 0.1) is 5.69 Å². The molecule has 2 aliphatic heterocycles. The van der Waals surface area contributed by atoms with Crippen LogP contribution in [0.4, 0.5) is 0 Å². The Morgan fingerprint density at radius 1 is 1.25 bits per heavy atom. The number of carbonyl (C=O) groups excluding carboxylic acids is 1. The van der Waals surface area contributed by atoms with Crippen LogP contribution in [0, 0.1) is 19.8 Å². The number of nitrogens with one attached hydrogen (secondary N) is 2. The number of amides is 1. The first-order chi connectivity index (χ1) is 13.6. The van der Waals surface area contributed by atoms with Crippen molar-refractivity contribution in [2.45, 2.75) is 52.0 Å². The number of nitrogens with zero attached hydrogens (tertiary/aromatic N) is 2. The summed E-state index contributed by atoms with van der Waals surface area (Å²) >= 11 is 0. The molecule has 2 aliphatic rings. The fourth-order valence-corrected chi connectivity index (χ4v) is 4.82. The van der Waals surface area contributed by atoms with Gasteiger partial charge in [-0.05, 0) is 50.2 Å². The molecule has 1 amide bonds. The molecule has 2 N–H and O–H groups in total. The van der Waals surface area contributed by atoms with E-state index in [0.717, 1.165) is 38.2 Å². The Kier molecular flexibility index (Phi) is 5.51. The Morgan fingerprint density at radius 3 is 2.71 bits per heavy atom. The average Bonchev–Trinajstić information content (AvgIpc) is 3.34. The van der Waals surface area contributed by atoms with Crippen molar-refractivity contribution < 1.29 is 9.32 Å². The highest BCUT2D eigenvalue weighted by Gasteiger charge is 2.38. The number of benzene rings is 1. The third-order valence-electron chi connectivity index (χ3n) is 6.43. The van der Waals surface area contributed by atoms with Crippen LogP contribution in [0.25, 0.3) is 0 Å². The number of rotatable bonds is 4. The first-order valence-corrected chi connectivity index (χ1v) is 10.4. The maximum absolute atomic E-state index is 13.0. The molecule has 2 aromatic rings. The van der Waals surface area contributed by atoms with E-state index >= 15 is 0 Å². The van der Waals surface area contributed by atoms with Gasteiger partial charge in [0.25, 0.3) is 5.91 Å². The Bertz CT molecular complexity index is 839. The van der Waals surface area contributed by atoms with E-state index < -0.39 is 0 Å². The predicted octanol–water partition coefficient (Wildman–Crippen LogP) is 2.97. The summed E-state index contributed by atoms with van der Waals surface area (Å²) in [5.74, 6) is 1.73. The molecule has 6 nitrogen and oxygen atoms in total. The number of aromatic nitrogens is 1. The molecule has 0 aliphatic carbocycles. The number of aryl methyl sites for hydroxylation is 3. The van der Waals surface area contributed by atoms with Crippen molar-refractivity contribution in [3.05, 3.63) is 52.4 Å². The Balaban J connectivity index is 1.43. The third-order valence-corrected chi connectivity index (χ3v) is 6.43. The average molecular weight is 383 g/mol. The number of hydrazine groups is 1. The number of likely N-dealkylation sites (tertiary alicyclic amines) is 1. The summed E-state index contributed by atoms with van der Waals surface area (Å²) in [6.07, 6.45) is 2.74. The largest absolute Gasteiger partial charge is 0.361 e. The molecule has 0 spiro atoms. The number of hydrogen-bond acceptors (Lipinski definition) is 5. The normalized spacial score (nSPS) is 23.3. The topological polar surface area (TPSA) is 70.4 Å². The van der Waals surface area contributed by atoms with Crippen molar-refractivity contribution in [1.82, 2.24) is 20.9 Å². The summed E-state index contributed by atoms with van der Waals surface area (Å²) in [7, 11) is 0. The molecule has 2 atom stereocenters. The van der Waals surface area contributed by atoms with Crippen molar-refractivity contribution >= 4 is 5.91 Å². The summed E-state index contributed by atoms with van der Waals surface area (Å²) in [6.45, 7) is 8.55. The maximum Gasteiger partial charge on any atom is 0.259 e. The van der Waals surface area contributed by atoms with Gasteiger partial charge < -0.3 is 9.42 Å². The van der Waals surface area contributed by atoms with E-state index in [-0.39, 0.29) is 5.91 Å². The molecule has 28 heavy (non-hydrogen) atoms. The van der Waals surface area contributed by atoms with E-state index in [2.05, 4.69) is 47.2 Å². The first kappa shape index (κ1) is 19.2. The zero-order valence-corrected chi connectivity index (χ0v) is 17.0. The van der Waals surface area contributed by atoms with Crippen molar-refractivity contribution in [2.75, 3.05) is 19.6 Å². The highest BCUT2D eigenvalue weighted by Crippen LogP contribution is 2.34. The summed E-state index contributed by atoms with van der Waals surface area (Å²) in [4.78, 5) is 15.0. The lowest BCUT2D eigenvalue weighted by Crippen LogP contribution is -2.46. The van der Waals surface area contributed by atoms with Crippen LogP contribution in [-0.2, 0) is 6.42 Å². The highest BCUT2D eigenvalue weighted by molar-refractivity contribution is 5.96. The Morgan fingerprint density at radius 2 is 2.00 bits per heavy atom. The number of piperidine rings is 1. The quantitative estimate of drug-likeness (QED) is 0.851. The summed E-state index contributed by atoms with van der Waals surface area (Å²) < 4.78 is 5.26. The van der Waals surface area contributed by atoms with Gasteiger partial charge in [-0.3, -0.25) is 15.6 Å². The van der Waals surface area contributed by atoms with E-state index in [1.165, 1.54) is 11.1 Å². The number of carbonyl (C=O) groups is 1. The second-order valence-electron chi connectivity index (χ2n) is 8.06. The minimum absolute atomic E-state index is 0.0713. The molecule has 1 aromatic heterocycles. The summed E-state index contributed by atoms with van der Waals surface area (Å²) in [5, 5.41) is 4.04. The molecule has 1 aromatic carbocycles. The summed E-state index contributed by atoms with van der Waals surface area (Å²) in [6, 6.07) is 9.08. The molecule has 6 heteroatoms. The van der Waals surface area contributed by atoms with Gasteiger partial charge in [-0.15, -0.1) is 0 Å². The Labute approximate surface area is 166 Å². The lowest BCUT2D eigenvalue weighted by Gasteiger charge is -2.36. The van der Waals surface area contributed by atoms with Gasteiger partial charge in [0, 0.05) is 31.6 Å². The van der Waals surface area contributed by atoms with Crippen molar-refractivity contribution in [3.63, 3.8) is 0 Å². The lowest BCUT2D eigenvalue weighted by atomic mass is 9.79. The molecule has 0 radical (unpaired) electrons. The second-order valence-corrected chi connectivity index (χ2v) is 8.06. The highest BCUT2D eigenvalue weighted by atomic mass is 16.5. The van der Waals surface area contributed by atoms with Gasteiger partial charge in [0.2, 0.25) is 0 Å². The molecular weight excluding hydrogens is 352 g/mol. The Hall–Kier alpha value is -2.18. The standard InChI is InChI=1S/C22H30N4O2/c1-4-19-20(15(3)28-25-19)22(27)26-11-9-16(10-12-26)21-18(13-23-24-21)17-8-6-5-7-14(17)2/h5-8,16,18,21,23-24H,4,9-13H2,1-3H3. The molecule has 3 heterocycles. The molecule has 2 unspecified atom stereocenters. The van der Waals surface area contributed by atoms with Gasteiger partial charge in [-0.25, -0.2) is 0 Å². The first-order valence-electron chi connectivity index (χ1n) is 10.4. The second kappa shape index (κ2) is 8.05. The molecule has 2 fully saturated rings.